The topological polar surface area (TPSA) is 291 Å². The number of amides is 10. The van der Waals surface area contributed by atoms with Gasteiger partial charge in [-0.2, -0.15) is 0 Å². The molecule has 0 aliphatic carbocycles. The largest absolute Gasteiger partial charge is 0.616 e. The minimum atomic E-state index is -2.13. The van der Waals surface area contributed by atoms with Crippen molar-refractivity contribution in [1.29, 1.82) is 0 Å². The van der Waals surface area contributed by atoms with E-state index in [1.807, 2.05) is 34.6 Å². The lowest BCUT2D eigenvalue weighted by Crippen LogP contribution is -2.62. The number of likely N-dealkylation sites (tertiary alicyclic amines) is 1. The van der Waals surface area contributed by atoms with Crippen LogP contribution in [0.15, 0.2) is 30.3 Å². The Kier molecular flexibility index (Phi) is 27.7. The van der Waals surface area contributed by atoms with Gasteiger partial charge < -0.3 is 65.1 Å². The second-order valence-electron chi connectivity index (χ2n) is 24.1. The van der Waals surface area contributed by atoms with Gasteiger partial charge in [-0.15, -0.1) is 0 Å². The van der Waals surface area contributed by atoms with Crippen LogP contribution in [0.1, 0.15) is 120 Å². The van der Waals surface area contributed by atoms with Crippen LogP contribution in [-0.2, 0) is 70.3 Å². The molecule has 2 aliphatic rings. The third-order valence-electron chi connectivity index (χ3n) is 15.1. The molecule has 3 rings (SSSR count). The molecule has 2 aliphatic heterocycles. The van der Waals surface area contributed by atoms with Crippen LogP contribution in [0.2, 0.25) is 0 Å². The fraction of sp³-hybridized carbons (Fsp3) is 0.724. The highest BCUT2D eigenvalue weighted by Gasteiger charge is 2.43. The molecule has 0 aromatic heterocycles. The first kappa shape index (κ1) is 70.4. The highest BCUT2D eigenvalue weighted by molar-refractivity contribution is 7.92. The summed E-state index contributed by atoms with van der Waals surface area (Å²) in [6.45, 7) is 18.6. The molecule has 2 fully saturated rings. The lowest BCUT2D eigenvalue weighted by atomic mass is 9.95. The van der Waals surface area contributed by atoms with Crippen molar-refractivity contribution in [2.24, 2.45) is 17.8 Å². The molecular formula is C58H96N10O13S. The second kappa shape index (κ2) is 32.3. The van der Waals surface area contributed by atoms with Gasteiger partial charge in [0.05, 0.1) is 24.9 Å². The number of aliphatic hydroxyl groups is 1. The first-order valence-electron chi connectivity index (χ1n) is 28.7. The Morgan fingerprint density at radius 2 is 1.23 bits per heavy atom. The second-order valence-corrected chi connectivity index (χ2v) is 25.6. The lowest BCUT2D eigenvalue weighted by Gasteiger charge is -2.37. The summed E-state index contributed by atoms with van der Waals surface area (Å²) in [5.41, 5.74) is -0.172. The number of carbonyl (C=O) groups is 10. The Bertz CT molecular complexity index is 2350. The van der Waals surface area contributed by atoms with E-state index < -0.39 is 154 Å². The third kappa shape index (κ3) is 20.8. The molecule has 0 spiro atoms. The van der Waals surface area contributed by atoms with E-state index in [2.05, 4.69) is 21.3 Å². The van der Waals surface area contributed by atoms with Gasteiger partial charge in [-0.25, -0.2) is 0 Å². The van der Waals surface area contributed by atoms with Crippen LogP contribution < -0.4 is 21.3 Å². The molecular weight excluding hydrogens is 1080 g/mol. The van der Waals surface area contributed by atoms with Gasteiger partial charge >= 0.3 is 0 Å². The number of aliphatic hydroxyl groups excluding tert-OH is 1. The molecule has 82 heavy (non-hydrogen) atoms. The number of hydrogen-bond acceptors (Lipinski definition) is 13. The van der Waals surface area contributed by atoms with Crippen molar-refractivity contribution in [2.45, 2.75) is 181 Å². The quantitative estimate of drug-likeness (QED) is 0.183. The summed E-state index contributed by atoms with van der Waals surface area (Å²) in [6, 6.07) is -2.00. The average Bonchev–Trinajstić information content (AvgIpc) is 3.55. The fourth-order valence-electron chi connectivity index (χ4n) is 9.80. The van der Waals surface area contributed by atoms with Gasteiger partial charge in [-0.1, -0.05) is 78.3 Å². The van der Waals surface area contributed by atoms with Gasteiger partial charge in [-0.05, 0) is 101 Å². The molecule has 0 saturated carbocycles. The summed E-state index contributed by atoms with van der Waals surface area (Å²) in [4.78, 5) is 152. The maximum atomic E-state index is 14.9. The molecule has 24 heteroatoms. The third-order valence-corrected chi connectivity index (χ3v) is 16.4. The van der Waals surface area contributed by atoms with Crippen LogP contribution in [0, 0.1) is 17.8 Å². The Labute approximate surface area is 489 Å². The average molecular weight is 1170 g/mol. The van der Waals surface area contributed by atoms with E-state index in [1.54, 1.807) is 62.9 Å². The normalized spacial score (nSPS) is 26.8. The molecule has 3 unspecified atom stereocenters. The molecule has 0 bridgehead atoms. The number of nitrogens with one attached hydrogen (secondary N) is 4. The van der Waals surface area contributed by atoms with E-state index in [-0.39, 0.29) is 37.7 Å². The number of ether oxygens (including phenoxy) is 1. The maximum Gasteiger partial charge on any atom is 0.272 e. The van der Waals surface area contributed by atoms with Crippen LogP contribution in [0.4, 0.5) is 0 Å². The predicted octanol–water partition coefficient (Wildman–Crippen LogP) is 1.06. The molecule has 1 aromatic rings. The van der Waals surface area contributed by atoms with E-state index in [4.69, 9.17) is 4.74 Å². The van der Waals surface area contributed by atoms with Crippen molar-refractivity contribution in [2.75, 3.05) is 73.0 Å². The van der Waals surface area contributed by atoms with Crippen LogP contribution in [0.3, 0.4) is 0 Å². The van der Waals surface area contributed by atoms with Crippen molar-refractivity contribution in [3.05, 3.63) is 35.9 Å². The summed E-state index contributed by atoms with van der Waals surface area (Å²) >= 11 is -2.13. The number of benzene rings is 1. The Morgan fingerprint density at radius 1 is 0.695 bits per heavy atom. The van der Waals surface area contributed by atoms with Gasteiger partial charge in [0.2, 0.25) is 53.2 Å². The number of nitrogens with zero attached hydrogens (tertiary/aromatic N) is 6. The zero-order valence-electron chi connectivity index (χ0n) is 51.4. The first-order valence-corrected chi connectivity index (χ1v) is 30.2. The summed E-state index contributed by atoms with van der Waals surface area (Å²) < 4.78 is 20.3. The van der Waals surface area contributed by atoms with Gasteiger partial charge in [0, 0.05) is 54.7 Å². The first-order chi connectivity index (χ1) is 38.2. The molecule has 462 valence electrons. The molecule has 2 saturated heterocycles. The molecule has 0 radical (unpaired) electrons. The summed E-state index contributed by atoms with van der Waals surface area (Å²) in [5.74, 6) is -9.47. The van der Waals surface area contributed by atoms with E-state index in [1.165, 1.54) is 54.0 Å². The van der Waals surface area contributed by atoms with E-state index in [0.29, 0.717) is 37.9 Å². The fourth-order valence-corrected chi connectivity index (χ4v) is 11.0. The minimum Gasteiger partial charge on any atom is -0.616 e. The standard InChI is InChI=1S/C58H96N10O13S/c1-17-37(6)49-53(75)61-43(56(78)68-26-22-19-23-27-68)33-82(80)34-47(71)64(13)38(7)50(72)59-41(30-40-24-20-18-21-25-40)54(76)66(15)45(29-36(4)5)52(74)62-48(39(8)69)57(79)63(12)31-46(70)65(14)44(28-35(2)3)51(73)60-42(55(77)67(49)16)32-81-58(9,10)11/h18,20-21,24-25,35-39,41-45,48-49,69H,17,19,22-23,26-34H2,1-16H3,(H,59,72)(H,60,73)(H,61,75)(H,62,74)/t37?,38-,39?,41-,42-,43-,44-,45-,48-,49-,82?/m0/s1. The minimum absolute atomic E-state index is 0.0475. The van der Waals surface area contributed by atoms with Crippen molar-refractivity contribution in [3.63, 3.8) is 0 Å². The van der Waals surface area contributed by atoms with Crippen LogP contribution in [0.25, 0.3) is 0 Å². The highest BCUT2D eigenvalue weighted by atomic mass is 32.2. The molecule has 2 heterocycles. The molecule has 11 atom stereocenters. The number of hydrogen-bond donors (Lipinski definition) is 5. The van der Waals surface area contributed by atoms with Crippen molar-refractivity contribution < 1.29 is 62.3 Å². The van der Waals surface area contributed by atoms with E-state index in [0.717, 1.165) is 26.0 Å². The molecule has 23 nitrogen and oxygen atoms in total. The van der Waals surface area contributed by atoms with Crippen molar-refractivity contribution >= 4 is 70.2 Å². The van der Waals surface area contributed by atoms with Crippen LogP contribution >= 0.6 is 0 Å². The van der Waals surface area contributed by atoms with E-state index in [9.17, 15) is 57.6 Å². The van der Waals surface area contributed by atoms with Gasteiger partial charge in [0.15, 0.2) is 11.8 Å². The molecule has 1 aromatic carbocycles. The smallest absolute Gasteiger partial charge is 0.272 e. The number of rotatable bonds is 12. The number of carbonyl (C=O) groups excluding carboxylic acids is 10. The van der Waals surface area contributed by atoms with E-state index >= 15 is 0 Å². The summed E-state index contributed by atoms with van der Waals surface area (Å²) in [7, 11) is 6.77. The maximum absolute atomic E-state index is 14.9. The molecule has 5 N–H and O–H groups in total. The number of piperidine rings is 1. The summed E-state index contributed by atoms with van der Waals surface area (Å²) in [5, 5.41) is 22.0. The van der Waals surface area contributed by atoms with Crippen LogP contribution in [-0.4, -0.2) is 231 Å². The Hall–Kier alpha value is -5.85. The Balaban J connectivity index is 2.25. The predicted molar refractivity (Wildman–Crippen MR) is 311 cm³/mol. The van der Waals surface area contributed by atoms with Crippen molar-refractivity contribution in [3.8, 4) is 0 Å². The Morgan fingerprint density at radius 3 is 1.77 bits per heavy atom. The zero-order chi connectivity index (χ0) is 62.1. The monoisotopic (exact) mass is 1170 g/mol. The van der Waals surface area contributed by atoms with Gasteiger partial charge in [0.1, 0.15) is 48.0 Å². The van der Waals surface area contributed by atoms with Crippen LogP contribution in [0.5, 0.6) is 0 Å². The summed E-state index contributed by atoms with van der Waals surface area (Å²) in [6.07, 6.45) is 1.25. The number of likely N-dealkylation sites (N-methyl/N-ethyl adjacent to an activating group) is 5. The van der Waals surface area contributed by atoms with Gasteiger partial charge in [0.25, 0.3) is 5.91 Å². The molecule has 10 amide bonds. The van der Waals surface area contributed by atoms with Crippen molar-refractivity contribution in [1.82, 2.24) is 50.7 Å². The lowest BCUT2D eigenvalue weighted by molar-refractivity contribution is -0.149. The van der Waals surface area contributed by atoms with Gasteiger partial charge in [-0.3, -0.25) is 47.9 Å². The zero-order valence-corrected chi connectivity index (χ0v) is 52.3. The SMILES string of the molecule is CCC(C)[C@H]1C(=O)N[C@H](C(=O)N2CCCCC2)C[S+]([O-])CC(=O)N(C)[C@@H](C)C(=O)N[C@@H](Cc2ccccc2)C(=O)N(C)[C@@H](CC(C)C)C(=O)N[C@@H](C(C)O)C(=O)N(C)CC(=O)N(C)[C@@H](CC(C)C)C(=O)N[C@@H](COC(C)(C)C)C(=O)N1C. The highest BCUT2D eigenvalue weighted by Crippen LogP contribution is 2.21.